The van der Waals surface area contributed by atoms with Gasteiger partial charge in [-0.05, 0) is 16.7 Å². The smallest absolute Gasteiger partial charge is 0.0434 e. The van der Waals surface area contributed by atoms with Crippen LogP contribution in [0.3, 0.4) is 0 Å². The van der Waals surface area contributed by atoms with Crippen LogP contribution in [0.5, 0.6) is 0 Å². The second-order valence-corrected chi connectivity index (χ2v) is 6.08. The maximum absolute atomic E-state index is 4.14. The number of hydrogen-bond acceptors (Lipinski definition) is 1. The van der Waals surface area contributed by atoms with E-state index in [4.69, 9.17) is 0 Å². The van der Waals surface area contributed by atoms with Crippen LogP contribution in [0.1, 0.15) is 0 Å². The molecule has 0 spiro atoms. The Bertz CT molecular complexity index is 871. The van der Waals surface area contributed by atoms with E-state index in [0.29, 0.717) is 0 Å². The summed E-state index contributed by atoms with van der Waals surface area (Å²) in [7, 11) is 0. The van der Waals surface area contributed by atoms with Gasteiger partial charge in [-0.1, -0.05) is 65.5 Å². The number of allylic oxidation sites excluding steroid dienone is 1. The summed E-state index contributed by atoms with van der Waals surface area (Å²) in [6.07, 6.45) is 3.85. The van der Waals surface area contributed by atoms with Gasteiger partial charge >= 0.3 is 0 Å². The van der Waals surface area contributed by atoms with Crippen LogP contribution in [-0.2, 0) is 0 Å². The molecule has 0 radical (unpaired) electrons. The van der Waals surface area contributed by atoms with Gasteiger partial charge in [0, 0.05) is 24.5 Å². The summed E-state index contributed by atoms with van der Waals surface area (Å²) in [6, 6.07) is 10.6. The average molecular weight is 315 g/mol. The van der Waals surface area contributed by atoms with Crippen LogP contribution in [0.15, 0.2) is 47.5 Å². The minimum Gasteiger partial charge on any atom is -0.135 e. The van der Waals surface area contributed by atoms with E-state index in [1.807, 2.05) is 12.2 Å². The quantitative estimate of drug-likeness (QED) is 0.631. The largest absolute Gasteiger partial charge is 0.135 e. The van der Waals surface area contributed by atoms with E-state index < -0.39 is 0 Å². The van der Waals surface area contributed by atoms with Crippen LogP contribution in [0.25, 0.3) is 33.5 Å². The lowest BCUT2D eigenvalue weighted by Gasteiger charge is -2.02. The molecule has 0 aliphatic carbocycles. The summed E-state index contributed by atoms with van der Waals surface area (Å²) in [5.74, 6) is 0. The summed E-state index contributed by atoms with van der Waals surface area (Å²) in [6.45, 7) is 7.91. The highest BCUT2D eigenvalue weighted by Crippen LogP contribution is 2.31. The van der Waals surface area contributed by atoms with Crippen molar-refractivity contribution < 1.29 is 0 Å². The Morgan fingerprint density at radius 2 is 1.83 bits per heavy atom. The molecule has 0 unspecified atom stereocenters. The monoisotopic (exact) mass is 314 g/mol. The number of hydrogen-bond donors (Lipinski definition) is 0. The molecule has 0 saturated carbocycles. The molecule has 1 aromatic heterocycles. The Balaban J connectivity index is 2.67. The highest BCUT2D eigenvalue weighted by Gasteiger charge is 2.07. The summed E-state index contributed by atoms with van der Waals surface area (Å²) < 4.78 is 3.52. The van der Waals surface area contributed by atoms with E-state index in [9.17, 15) is 0 Å². The highest BCUT2D eigenvalue weighted by molar-refractivity contribution is 9.10. The Labute approximate surface area is 118 Å². The molecular weight excluding hydrogens is 304 g/mol. The number of fused-ring (bicyclic) bond motifs is 3. The van der Waals surface area contributed by atoms with Gasteiger partial charge in [-0.15, -0.1) is 11.3 Å². The minimum absolute atomic E-state index is 1.09. The standard InChI is InChI=1S/C16H11BrS/c1-3-6-11-10(2)18-16-13-8-5-4-7-12(13)15(17)9-14(11)16/h3-9H,1-2H2/b11-6+. The molecule has 0 nitrogen and oxygen atoms in total. The van der Waals surface area contributed by atoms with Crippen molar-refractivity contribution in [3.05, 3.63) is 57.2 Å². The Kier molecular flexibility index (Phi) is 2.84. The van der Waals surface area contributed by atoms with Gasteiger partial charge in [0.2, 0.25) is 0 Å². The van der Waals surface area contributed by atoms with Gasteiger partial charge in [-0.2, -0.15) is 0 Å². The maximum atomic E-state index is 4.14. The van der Waals surface area contributed by atoms with Gasteiger partial charge in [0.15, 0.2) is 0 Å². The molecule has 0 N–H and O–H groups in total. The topological polar surface area (TPSA) is 0 Å². The fourth-order valence-corrected chi connectivity index (χ4v) is 3.92. The number of rotatable bonds is 1. The molecule has 2 aromatic carbocycles. The van der Waals surface area contributed by atoms with Gasteiger partial charge in [-0.3, -0.25) is 0 Å². The first-order chi connectivity index (χ1) is 8.72. The molecule has 0 saturated heterocycles. The van der Waals surface area contributed by atoms with Crippen molar-refractivity contribution in [3.63, 3.8) is 0 Å². The van der Waals surface area contributed by atoms with E-state index in [2.05, 4.69) is 59.4 Å². The van der Waals surface area contributed by atoms with Gasteiger partial charge in [0.05, 0.1) is 0 Å². The predicted molar refractivity (Wildman–Crippen MR) is 86.5 cm³/mol. The van der Waals surface area contributed by atoms with Crippen molar-refractivity contribution in [2.45, 2.75) is 0 Å². The first kappa shape index (κ1) is 11.7. The number of thiophene rings is 1. The van der Waals surface area contributed by atoms with E-state index >= 15 is 0 Å². The molecule has 0 amide bonds. The first-order valence-electron chi connectivity index (χ1n) is 5.64. The van der Waals surface area contributed by atoms with Gasteiger partial charge in [0.1, 0.15) is 0 Å². The molecule has 0 atom stereocenters. The van der Waals surface area contributed by atoms with Crippen LogP contribution in [-0.4, -0.2) is 0 Å². The third-order valence-corrected chi connectivity index (χ3v) is 4.81. The van der Waals surface area contributed by atoms with Crippen LogP contribution in [0.2, 0.25) is 0 Å². The third kappa shape index (κ3) is 1.64. The van der Waals surface area contributed by atoms with Crippen LogP contribution >= 0.6 is 27.3 Å². The van der Waals surface area contributed by atoms with E-state index in [0.717, 1.165) is 9.01 Å². The summed E-state index contributed by atoms with van der Waals surface area (Å²) in [5, 5.41) is 4.95. The molecule has 18 heavy (non-hydrogen) atoms. The van der Waals surface area contributed by atoms with Gasteiger partial charge in [-0.25, -0.2) is 0 Å². The molecule has 0 aliphatic heterocycles. The van der Waals surface area contributed by atoms with E-state index in [1.54, 1.807) is 11.3 Å². The maximum Gasteiger partial charge on any atom is 0.0434 e. The number of benzene rings is 2. The molecular formula is C16H11BrS. The zero-order valence-corrected chi connectivity index (χ0v) is 12.1. The summed E-state index contributed by atoms with van der Waals surface area (Å²) in [4.78, 5) is 0. The Morgan fingerprint density at radius 1 is 1.11 bits per heavy atom. The molecule has 88 valence electrons. The van der Waals surface area contributed by atoms with Crippen molar-refractivity contribution in [2.24, 2.45) is 0 Å². The fraction of sp³-hybridized carbons (Fsp3) is 0. The molecule has 0 aliphatic rings. The van der Waals surface area contributed by atoms with Crippen molar-refractivity contribution in [3.8, 4) is 0 Å². The Hall–Kier alpha value is -1.38. The lowest BCUT2D eigenvalue weighted by Crippen LogP contribution is -2.15. The second kappa shape index (κ2) is 4.38. The van der Waals surface area contributed by atoms with E-state index in [1.165, 1.54) is 26.1 Å². The van der Waals surface area contributed by atoms with Crippen molar-refractivity contribution in [1.29, 1.82) is 0 Å². The lowest BCUT2D eigenvalue weighted by molar-refractivity contribution is 1.74. The van der Waals surface area contributed by atoms with Crippen LogP contribution in [0, 0.1) is 0 Å². The van der Waals surface area contributed by atoms with Crippen LogP contribution in [0.4, 0.5) is 0 Å². The minimum atomic E-state index is 1.09. The fourth-order valence-electron chi connectivity index (χ4n) is 2.24. The third-order valence-electron chi connectivity index (χ3n) is 3.05. The molecule has 3 aromatic rings. The molecule has 3 rings (SSSR count). The highest BCUT2D eigenvalue weighted by atomic mass is 79.9. The first-order valence-corrected chi connectivity index (χ1v) is 7.25. The zero-order chi connectivity index (χ0) is 12.7. The molecule has 2 heteroatoms. The lowest BCUT2D eigenvalue weighted by atomic mass is 10.1. The predicted octanol–water partition coefficient (Wildman–Crippen LogP) is 4.19. The number of halogens is 1. The Morgan fingerprint density at radius 3 is 2.56 bits per heavy atom. The van der Waals surface area contributed by atoms with Crippen molar-refractivity contribution >= 4 is 60.8 Å². The molecule has 0 fully saturated rings. The van der Waals surface area contributed by atoms with Crippen LogP contribution < -0.4 is 9.75 Å². The van der Waals surface area contributed by atoms with E-state index in [-0.39, 0.29) is 0 Å². The molecule has 1 heterocycles. The second-order valence-electron chi connectivity index (χ2n) is 4.12. The van der Waals surface area contributed by atoms with Crippen molar-refractivity contribution in [1.82, 2.24) is 0 Å². The normalized spacial score (nSPS) is 12.4. The zero-order valence-electron chi connectivity index (χ0n) is 9.74. The van der Waals surface area contributed by atoms with Crippen molar-refractivity contribution in [2.75, 3.05) is 0 Å². The van der Waals surface area contributed by atoms with Gasteiger partial charge < -0.3 is 0 Å². The van der Waals surface area contributed by atoms with Gasteiger partial charge in [0.25, 0.3) is 0 Å². The summed E-state index contributed by atoms with van der Waals surface area (Å²) in [5.41, 5.74) is 0. The average Bonchev–Trinajstić information content (AvgIpc) is 2.68. The SMILES string of the molecule is C=C/C=c1\c(=C)sc2c1cc(Br)c1ccccc12. The summed E-state index contributed by atoms with van der Waals surface area (Å²) >= 11 is 5.40. The molecule has 0 bridgehead atoms.